The van der Waals surface area contributed by atoms with Crippen molar-refractivity contribution in [1.29, 1.82) is 0 Å². The van der Waals surface area contributed by atoms with E-state index in [9.17, 15) is 50.1 Å². The minimum Gasteiger partial charge on any atom is -0.388 e. The van der Waals surface area contributed by atoms with E-state index in [1.54, 1.807) is 13.8 Å². The number of amides is 3. The largest absolute Gasteiger partial charge is 0.388 e. The van der Waals surface area contributed by atoms with Crippen LogP contribution in [0.2, 0.25) is 0 Å². The van der Waals surface area contributed by atoms with E-state index < -0.39 is 159 Å². The van der Waals surface area contributed by atoms with E-state index in [-0.39, 0.29) is 12.8 Å². The zero-order chi connectivity index (χ0) is 42.9. The molecule has 334 valence electrons. The van der Waals surface area contributed by atoms with Gasteiger partial charge in [0.05, 0.1) is 48.6 Å². The highest BCUT2D eigenvalue weighted by Crippen LogP contribution is 2.37. The van der Waals surface area contributed by atoms with Crippen molar-refractivity contribution in [2.45, 2.75) is 209 Å². The molecule has 0 spiro atoms. The molecular formula is C36H61N3O19. The topological polar surface area (TPSA) is 312 Å². The first kappa shape index (κ1) is 46.8. The molecule has 5 rings (SSSR count). The first-order valence-corrected chi connectivity index (χ1v) is 19.6. The van der Waals surface area contributed by atoms with Gasteiger partial charge < -0.3 is 94.3 Å². The molecule has 0 aromatic heterocycles. The highest BCUT2D eigenvalue weighted by Gasteiger charge is 2.55. The highest BCUT2D eigenvalue weighted by molar-refractivity contribution is 5.74. The molecule has 0 aromatic carbocycles. The molecule has 58 heavy (non-hydrogen) atoms. The lowest BCUT2D eigenvalue weighted by Gasteiger charge is -2.50. The molecule has 0 radical (unpaired) electrons. The van der Waals surface area contributed by atoms with Gasteiger partial charge in [-0.15, -0.1) is 0 Å². The molecule has 5 aliphatic heterocycles. The van der Waals surface area contributed by atoms with E-state index in [0.29, 0.717) is 0 Å². The maximum atomic E-state index is 12.0. The summed E-state index contributed by atoms with van der Waals surface area (Å²) in [5.41, 5.74) is 0. The Bertz CT molecular complexity index is 1400. The molecule has 5 saturated heterocycles. The van der Waals surface area contributed by atoms with E-state index in [1.807, 2.05) is 0 Å². The average Bonchev–Trinajstić information content (AvgIpc) is 3.12. The minimum atomic E-state index is -1.79. The van der Waals surface area contributed by atoms with E-state index in [2.05, 4.69) is 16.0 Å². The quantitative estimate of drug-likeness (QED) is 0.0941. The van der Waals surface area contributed by atoms with Crippen LogP contribution in [-0.2, 0) is 57.0 Å². The van der Waals surface area contributed by atoms with Crippen LogP contribution < -0.4 is 16.0 Å². The Morgan fingerprint density at radius 1 is 0.448 bits per heavy atom. The van der Waals surface area contributed by atoms with Crippen molar-refractivity contribution in [1.82, 2.24) is 16.0 Å². The molecule has 23 atom stereocenters. The number of carbonyl (C=O) groups is 3. The van der Waals surface area contributed by atoms with Gasteiger partial charge in [-0.1, -0.05) is 0 Å². The zero-order valence-corrected chi connectivity index (χ0v) is 33.7. The third-order valence-electron chi connectivity index (χ3n) is 11.1. The van der Waals surface area contributed by atoms with Gasteiger partial charge in [0.15, 0.2) is 31.5 Å². The van der Waals surface area contributed by atoms with Gasteiger partial charge in [-0.2, -0.15) is 0 Å². The van der Waals surface area contributed by atoms with Crippen molar-refractivity contribution in [3.8, 4) is 0 Å². The van der Waals surface area contributed by atoms with Gasteiger partial charge in [0, 0.05) is 33.6 Å². The fraction of sp³-hybridized carbons (Fsp3) is 0.917. The van der Waals surface area contributed by atoms with Crippen molar-refractivity contribution in [3.05, 3.63) is 0 Å². The number of nitrogens with one attached hydrogen (secondary N) is 3. The van der Waals surface area contributed by atoms with Crippen LogP contribution >= 0.6 is 0 Å². The number of rotatable bonds is 11. The van der Waals surface area contributed by atoms with Crippen molar-refractivity contribution < 1.29 is 92.8 Å². The van der Waals surface area contributed by atoms with Crippen molar-refractivity contribution in [2.75, 3.05) is 0 Å². The molecule has 0 aliphatic carbocycles. The van der Waals surface area contributed by atoms with Crippen LogP contribution in [0.5, 0.6) is 0 Å². The first-order valence-electron chi connectivity index (χ1n) is 19.6. The predicted molar refractivity (Wildman–Crippen MR) is 191 cm³/mol. The van der Waals surface area contributed by atoms with Crippen molar-refractivity contribution in [2.24, 2.45) is 0 Å². The lowest BCUT2D eigenvalue weighted by molar-refractivity contribution is -0.394. The highest BCUT2D eigenvalue weighted by atomic mass is 16.8. The molecule has 5 aliphatic rings. The van der Waals surface area contributed by atoms with E-state index >= 15 is 0 Å². The van der Waals surface area contributed by atoms with Gasteiger partial charge in [-0.3, -0.25) is 14.4 Å². The number of aliphatic hydroxyl groups excluding tert-OH is 7. The monoisotopic (exact) mass is 839 g/mol. The second-order valence-electron chi connectivity index (χ2n) is 15.9. The molecule has 10 N–H and O–H groups in total. The summed E-state index contributed by atoms with van der Waals surface area (Å²) in [6.07, 6.45) is -26.1. The zero-order valence-electron chi connectivity index (χ0n) is 33.7. The fourth-order valence-corrected chi connectivity index (χ4v) is 8.05. The summed E-state index contributed by atoms with van der Waals surface area (Å²) in [5.74, 6) is -1.37. The Kier molecular flexibility index (Phi) is 15.9. The smallest absolute Gasteiger partial charge is 0.217 e. The fourth-order valence-electron chi connectivity index (χ4n) is 8.05. The molecule has 23 unspecified atom stereocenters. The Morgan fingerprint density at radius 3 is 1.38 bits per heavy atom. The third kappa shape index (κ3) is 10.8. The average molecular weight is 840 g/mol. The second-order valence-corrected chi connectivity index (χ2v) is 15.9. The van der Waals surface area contributed by atoms with Crippen LogP contribution in [0, 0.1) is 0 Å². The molecule has 22 nitrogen and oxygen atoms in total. The molecule has 0 aromatic rings. The Balaban J connectivity index is 1.43. The van der Waals surface area contributed by atoms with Crippen LogP contribution in [0.15, 0.2) is 0 Å². The molecule has 0 bridgehead atoms. The summed E-state index contributed by atoms with van der Waals surface area (Å²) < 4.78 is 54.4. The van der Waals surface area contributed by atoms with E-state index in [4.69, 9.17) is 42.6 Å². The molecule has 22 heteroatoms. The third-order valence-corrected chi connectivity index (χ3v) is 11.1. The Labute approximate surface area is 335 Å². The van der Waals surface area contributed by atoms with Gasteiger partial charge in [-0.25, -0.2) is 0 Å². The molecule has 5 heterocycles. The summed E-state index contributed by atoms with van der Waals surface area (Å²) >= 11 is 0. The van der Waals surface area contributed by atoms with E-state index in [1.165, 1.54) is 41.5 Å². The number of hydrogen-bond donors (Lipinski definition) is 10. The van der Waals surface area contributed by atoms with Crippen LogP contribution in [0.1, 0.15) is 68.2 Å². The maximum Gasteiger partial charge on any atom is 0.217 e. The molecular weight excluding hydrogens is 778 g/mol. The van der Waals surface area contributed by atoms with Gasteiger partial charge in [0.25, 0.3) is 0 Å². The van der Waals surface area contributed by atoms with Gasteiger partial charge in [0.1, 0.15) is 61.0 Å². The van der Waals surface area contributed by atoms with Crippen LogP contribution in [-0.4, -0.2) is 195 Å². The molecule has 5 fully saturated rings. The van der Waals surface area contributed by atoms with Crippen molar-refractivity contribution in [3.63, 3.8) is 0 Å². The first-order chi connectivity index (χ1) is 27.2. The number of hydrogen-bond acceptors (Lipinski definition) is 19. The predicted octanol–water partition coefficient (Wildman–Crippen LogP) is -4.30. The SMILES string of the molecule is CC(=O)NC1CC(OC2C(O)C(C)OC(OC3C(C)OC(O)C(OC4OC(C)C(O)C(NC(C)=O)C4O)C3OC3CC(NC(C)=O)C(O)C(C)O3)C2O)OC(C)C1O. The minimum absolute atomic E-state index is 0.0242. The Morgan fingerprint density at radius 2 is 0.879 bits per heavy atom. The summed E-state index contributed by atoms with van der Waals surface area (Å²) in [5, 5.41) is 85.3. The normalized spacial score (nSPS) is 48.8. The number of ether oxygens (including phenoxy) is 9. The Hall–Kier alpha value is -2.23. The number of carbonyl (C=O) groups excluding carboxylic acids is 3. The lowest BCUT2D eigenvalue weighted by Crippen LogP contribution is -2.68. The van der Waals surface area contributed by atoms with Crippen molar-refractivity contribution >= 4 is 17.7 Å². The lowest BCUT2D eigenvalue weighted by atomic mass is 9.95. The van der Waals surface area contributed by atoms with Gasteiger partial charge >= 0.3 is 0 Å². The van der Waals surface area contributed by atoms with Gasteiger partial charge in [0.2, 0.25) is 17.7 Å². The standard InChI is InChI=1S/C36H61N3O19/c1-11-24(43)19(37-16(6)40)9-21(50-11)55-31-27(46)14(4)54-36(29(31)48)57-30-15(5)52-34(49)33(58-35-28(47)23(39-18(8)42)26(45)13(3)53-35)32(30)56-22-10-20(38-17(7)41)25(44)12(2)51-22/h11-15,19-36,43-49H,9-10H2,1-8H3,(H,37,40)(H,38,41)(H,39,42). The summed E-state index contributed by atoms with van der Waals surface area (Å²) in [4.78, 5) is 35.8. The van der Waals surface area contributed by atoms with E-state index in [0.717, 1.165) is 0 Å². The molecule has 0 saturated carbocycles. The van der Waals surface area contributed by atoms with Crippen LogP contribution in [0.4, 0.5) is 0 Å². The maximum absolute atomic E-state index is 12.0. The molecule has 3 amide bonds. The summed E-state index contributed by atoms with van der Waals surface area (Å²) in [7, 11) is 0. The second kappa shape index (κ2) is 19.6. The summed E-state index contributed by atoms with van der Waals surface area (Å²) in [6.45, 7) is 11.4. The summed E-state index contributed by atoms with van der Waals surface area (Å²) in [6, 6.07) is -2.82. The van der Waals surface area contributed by atoms with Crippen LogP contribution in [0.3, 0.4) is 0 Å². The number of aliphatic hydroxyl groups is 7. The van der Waals surface area contributed by atoms with Crippen LogP contribution in [0.25, 0.3) is 0 Å². The van der Waals surface area contributed by atoms with Gasteiger partial charge in [-0.05, 0) is 34.6 Å².